The summed E-state index contributed by atoms with van der Waals surface area (Å²) in [7, 11) is 0. The molecule has 60 heavy (non-hydrogen) atoms. The van der Waals surface area contributed by atoms with Gasteiger partial charge in [-0.1, -0.05) is 54.6 Å². The first-order chi connectivity index (χ1) is 28.6. The fourth-order valence-electron chi connectivity index (χ4n) is 7.73. The Morgan fingerprint density at radius 3 is 1.92 bits per heavy atom. The van der Waals surface area contributed by atoms with E-state index >= 15 is 0 Å². The lowest BCUT2D eigenvalue weighted by Gasteiger charge is -2.48. The number of carbonyl (C=O) groups excluding carboxylic acids is 1. The average Bonchev–Trinajstić information content (AvgIpc) is 3.23. The van der Waals surface area contributed by atoms with E-state index in [-0.39, 0.29) is 30.2 Å². The van der Waals surface area contributed by atoms with Gasteiger partial charge >= 0.3 is 11.9 Å². The Bertz CT molecular complexity index is 2180. The van der Waals surface area contributed by atoms with E-state index in [4.69, 9.17) is 18.9 Å². The Morgan fingerprint density at radius 2 is 1.30 bits per heavy atom. The van der Waals surface area contributed by atoms with Gasteiger partial charge in [-0.25, -0.2) is 14.0 Å². The van der Waals surface area contributed by atoms with E-state index in [9.17, 15) is 64.7 Å². The van der Waals surface area contributed by atoms with Gasteiger partial charge in [0.25, 0.3) is 0 Å². The van der Waals surface area contributed by atoms with Gasteiger partial charge in [-0.05, 0) is 72.0 Å². The third-order valence-corrected chi connectivity index (χ3v) is 10.9. The summed E-state index contributed by atoms with van der Waals surface area (Å²) in [4.78, 5) is 39.5. The number of phenols is 1. The van der Waals surface area contributed by atoms with Crippen LogP contribution in [0.2, 0.25) is 0 Å². The molecular formula is C42H42FNO16. The molecule has 4 aromatic rings. The fraction of sp³-hybridized carbons (Fsp3) is 0.357. The number of hydrogen-bond donors (Lipinski definition) is 9. The van der Waals surface area contributed by atoms with Gasteiger partial charge in [-0.3, -0.25) is 4.79 Å². The fourth-order valence-corrected chi connectivity index (χ4v) is 7.73. The van der Waals surface area contributed by atoms with Gasteiger partial charge in [0.1, 0.15) is 53.9 Å². The average molecular weight is 836 g/mol. The van der Waals surface area contributed by atoms with Crippen molar-refractivity contribution in [3.8, 4) is 22.6 Å². The maximum Gasteiger partial charge on any atom is 0.335 e. The number of halogens is 1. The van der Waals surface area contributed by atoms with E-state index in [0.717, 1.165) is 12.1 Å². The van der Waals surface area contributed by atoms with Crippen LogP contribution >= 0.6 is 0 Å². The predicted octanol–water partition coefficient (Wildman–Crippen LogP) is 1.60. The third kappa shape index (κ3) is 8.42. The van der Waals surface area contributed by atoms with Crippen molar-refractivity contribution in [1.82, 2.24) is 0 Å². The number of aromatic hydroxyl groups is 1. The second-order valence-electron chi connectivity index (χ2n) is 14.7. The molecule has 4 unspecified atom stereocenters. The first-order valence-corrected chi connectivity index (χ1v) is 18.9. The molecule has 0 saturated carbocycles. The third-order valence-electron chi connectivity index (χ3n) is 10.9. The minimum atomic E-state index is -2.00. The van der Waals surface area contributed by atoms with E-state index < -0.39 is 97.2 Å². The first kappa shape index (κ1) is 42.6. The Balaban J connectivity index is 1.26. The number of ether oxygens (including phenoxy) is 4. The molecule has 3 aliphatic rings. The second-order valence-corrected chi connectivity index (χ2v) is 14.7. The van der Waals surface area contributed by atoms with Crippen molar-refractivity contribution in [3.63, 3.8) is 0 Å². The highest BCUT2D eigenvalue weighted by atomic mass is 19.1. The number of para-hydroxylation sites is 1. The van der Waals surface area contributed by atoms with Crippen LogP contribution in [0.3, 0.4) is 0 Å². The Hall–Kier alpha value is -5.54. The van der Waals surface area contributed by atoms with Gasteiger partial charge in [0.05, 0.1) is 18.1 Å². The van der Waals surface area contributed by atoms with Crippen LogP contribution < -0.4 is 9.64 Å². The lowest BCUT2D eigenvalue weighted by molar-refractivity contribution is -0.306. The second kappa shape index (κ2) is 17.6. The van der Waals surface area contributed by atoms with Crippen molar-refractivity contribution in [2.45, 2.75) is 86.4 Å². The molecule has 3 heterocycles. The lowest BCUT2D eigenvalue weighted by atomic mass is 9.77. The van der Waals surface area contributed by atoms with Gasteiger partial charge in [-0.2, -0.15) is 0 Å². The molecule has 0 aromatic heterocycles. The van der Waals surface area contributed by atoms with Crippen LogP contribution in [0.15, 0.2) is 97.1 Å². The van der Waals surface area contributed by atoms with Crippen LogP contribution in [0.4, 0.5) is 10.1 Å². The highest BCUT2D eigenvalue weighted by molar-refractivity contribution is 6.03. The standard InChI is InChI=1S/C42H42FNO16/c43-22-12-9-19(10-13-22)27(57-41-34(50)30(46)32(48)36(59-41)39(53)54)16-15-26-29(44(38(26)52)23-6-2-1-3-7-23)25-14-11-21(20-5-4-8-24(45)17-20)18-28(25)58-42-35(51)31(47)33(49)37(60-42)40(55)56/h1-14,17-18,26-27,29-37,41-42,45-51H,15-16H2,(H,53,54)(H,55,56)/t26-,27+,29-,30+,31+,32-,33-,34?,35?,36?,37?,41-,42-/m1/s1. The number of nitrogens with zero attached hydrogens (tertiary/aromatic N) is 1. The molecule has 3 aliphatic heterocycles. The number of phenolic OH excluding ortho intramolecular Hbond substituents is 1. The largest absolute Gasteiger partial charge is 0.508 e. The summed E-state index contributed by atoms with van der Waals surface area (Å²) >= 11 is 0. The molecule has 13 atom stereocenters. The predicted molar refractivity (Wildman–Crippen MR) is 202 cm³/mol. The lowest BCUT2D eigenvalue weighted by Crippen LogP contribution is -2.61. The highest BCUT2D eigenvalue weighted by Crippen LogP contribution is 2.50. The van der Waals surface area contributed by atoms with Gasteiger partial charge in [0, 0.05) is 11.3 Å². The molecule has 4 aromatic carbocycles. The van der Waals surface area contributed by atoms with E-state index in [1.54, 1.807) is 54.6 Å². The molecule has 0 spiro atoms. The summed E-state index contributed by atoms with van der Waals surface area (Å²) in [6, 6.07) is 23.8. The molecule has 7 rings (SSSR count). The topological polar surface area (TPSA) is 273 Å². The minimum absolute atomic E-state index is 0.00747. The number of amides is 1. The number of hydrogen-bond acceptors (Lipinski definition) is 14. The highest BCUT2D eigenvalue weighted by Gasteiger charge is 2.52. The van der Waals surface area contributed by atoms with Crippen LogP contribution in [0.25, 0.3) is 11.1 Å². The number of aliphatic hydroxyl groups is 6. The maximum absolute atomic E-state index is 14.2. The van der Waals surface area contributed by atoms with Crippen molar-refractivity contribution in [1.29, 1.82) is 0 Å². The Labute approximate surface area is 340 Å². The number of carbonyl (C=O) groups is 3. The van der Waals surface area contributed by atoms with Crippen LogP contribution in [-0.4, -0.2) is 125 Å². The van der Waals surface area contributed by atoms with Gasteiger partial charge in [0.15, 0.2) is 18.5 Å². The zero-order valence-electron chi connectivity index (χ0n) is 31.4. The summed E-state index contributed by atoms with van der Waals surface area (Å²) in [6.07, 6.45) is -20.6. The van der Waals surface area contributed by atoms with E-state index in [2.05, 4.69) is 0 Å². The molecule has 3 saturated heterocycles. The SMILES string of the molecule is O=C(O)C1O[C@@H](Oc2cc(-c3cccc(O)c3)ccc2[C@@H]2[C@@H](CC[C@H](O[C@@H]3OC(C(=O)O)[C@H](O)[C@H](O)C3O)c3ccc(F)cc3)C(=O)N2c2ccccc2)C(O)[C@@H](O)[C@H]1O. The van der Waals surface area contributed by atoms with Crippen LogP contribution in [0.1, 0.15) is 36.1 Å². The zero-order valence-corrected chi connectivity index (χ0v) is 31.4. The quantitative estimate of drug-likeness (QED) is 0.0866. The van der Waals surface area contributed by atoms with Gasteiger partial charge in [0.2, 0.25) is 12.2 Å². The molecule has 0 radical (unpaired) electrons. The van der Waals surface area contributed by atoms with Crippen LogP contribution in [0.5, 0.6) is 11.5 Å². The number of carboxylic acids is 2. The summed E-state index contributed by atoms with van der Waals surface area (Å²) in [5.41, 5.74) is 2.12. The smallest absolute Gasteiger partial charge is 0.335 e. The van der Waals surface area contributed by atoms with E-state index in [1.165, 1.54) is 35.2 Å². The molecule has 18 heteroatoms. The van der Waals surface area contributed by atoms with Crippen LogP contribution in [-0.2, 0) is 28.6 Å². The summed E-state index contributed by atoms with van der Waals surface area (Å²) in [5.74, 6) is -5.21. The number of β-lactam (4-membered cyclic amide) rings is 1. The number of anilines is 1. The van der Waals surface area contributed by atoms with Crippen LogP contribution in [0, 0.1) is 11.7 Å². The molecule has 17 nitrogen and oxygen atoms in total. The normalized spacial score (nSPS) is 30.9. The molecular weight excluding hydrogens is 793 g/mol. The van der Waals surface area contributed by atoms with Gasteiger partial charge in [-0.15, -0.1) is 0 Å². The molecule has 318 valence electrons. The van der Waals surface area contributed by atoms with Crippen molar-refractivity contribution in [3.05, 3.63) is 114 Å². The maximum atomic E-state index is 14.2. The monoisotopic (exact) mass is 835 g/mol. The van der Waals surface area contributed by atoms with E-state index in [0.29, 0.717) is 27.9 Å². The van der Waals surface area contributed by atoms with Gasteiger partial charge < -0.3 is 69.8 Å². The summed E-state index contributed by atoms with van der Waals surface area (Å²) in [6.45, 7) is 0. The number of carboxylic acid groups (broad SMARTS) is 2. The number of aliphatic carboxylic acids is 2. The van der Waals surface area contributed by atoms with Crippen molar-refractivity contribution in [2.24, 2.45) is 5.92 Å². The van der Waals surface area contributed by atoms with Crippen molar-refractivity contribution >= 4 is 23.5 Å². The molecule has 0 aliphatic carbocycles. The Kier molecular flexibility index (Phi) is 12.5. The molecule has 9 N–H and O–H groups in total. The zero-order chi connectivity index (χ0) is 43.0. The summed E-state index contributed by atoms with van der Waals surface area (Å²) in [5, 5.41) is 92.9. The van der Waals surface area contributed by atoms with E-state index in [1.807, 2.05) is 0 Å². The minimum Gasteiger partial charge on any atom is -0.508 e. The number of benzene rings is 4. The summed E-state index contributed by atoms with van der Waals surface area (Å²) < 4.78 is 37.2. The first-order valence-electron chi connectivity index (χ1n) is 18.9. The van der Waals surface area contributed by atoms with Crippen molar-refractivity contribution < 1.29 is 83.7 Å². The Morgan fingerprint density at radius 1 is 0.700 bits per heavy atom. The molecule has 1 amide bonds. The number of aliphatic hydroxyl groups excluding tert-OH is 6. The van der Waals surface area contributed by atoms with Crippen molar-refractivity contribution in [2.75, 3.05) is 4.90 Å². The number of rotatable bonds is 13. The molecule has 3 fully saturated rings. The molecule has 0 bridgehead atoms.